The highest BCUT2D eigenvalue weighted by molar-refractivity contribution is 5.89. The van der Waals surface area contributed by atoms with Crippen molar-refractivity contribution in [2.75, 3.05) is 13.6 Å². The normalized spacial score (nSPS) is 39.9. The maximum Gasteiger partial charge on any atom is 0.174 e. The van der Waals surface area contributed by atoms with Crippen LogP contribution in [-0.2, 0) is 16.6 Å². The lowest BCUT2D eigenvalue weighted by Gasteiger charge is -2.57. The van der Waals surface area contributed by atoms with Crippen molar-refractivity contribution in [3.05, 3.63) is 23.3 Å². The zero-order chi connectivity index (χ0) is 14.4. The Morgan fingerprint density at radius 1 is 1.43 bits per heavy atom. The molecule has 2 bridgehead atoms. The zero-order valence-corrected chi connectivity index (χ0v) is 12.1. The van der Waals surface area contributed by atoms with Crippen molar-refractivity contribution in [2.24, 2.45) is 5.92 Å². The highest BCUT2D eigenvalue weighted by atomic mass is 16.5. The van der Waals surface area contributed by atoms with E-state index in [0.717, 1.165) is 31.4 Å². The van der Waals surface area contributed by atoms with Gasteiger partial charge in [0.05, 0.1) is 0 Å². The van der Waals surface area contributed by atoms with E-state index in [4.69, 9.17) is 4.74 Å². The number of nitrogens with zero attached hydrogens (tertiary/aromatic N) is 1. The molecule has 2 aliphatic carbocycles. The van der Waals surface area contributed by atoms with Crippen LogP contribution in [0.2, 0.25) is 0 Å². The van der Waals surface area contributed by atoms with Crippen molar-refractivity contribution in [1.82, 2.24) is 4.90 Å². The van der Waals surface area contributed by atoms with E-state index in [1.807, 2.05) is 6.07 Å². The van der Waals surface area contributed by atoms with Crippen LogP contribution in [0, 0.1) is 5.92 Å². The van der Waals surface area contributed by atoms with Crippen LogP contribution >= 0.6 is 0 Å². The first kappa shape index (κ1) is 12.0. The smallest absolute Gasteiger partial charge is 0.174 e. The van der Waals surface area contributed by atoms with Gasteiger partial charge in [-0.15, -0.1) is 0 Å². The van der Waals surface area contributed by atoms with Crippen molar-refractivity contribution < 1.29 is 14.6 Å². The molecule has 1 saturated carbocycles. The molecule has 4 nitrogen and oxygen atoms in total. The second kappa shape index (κ2) is 3.61. The average Bonchev–Trinajstić information content (AvgIpc) is 2.83. The standard InChI is InChI=1S/C17H19NO3/c1-18-7-6-17-10-3-5-13(20)16(17)21-15-12(19)4-2-9(14(15)17)8-11(10)18/h2,4,10-11,16,19H,3,5-8H2,1H3/t10?,11?,16?,17-/m0/s1. The first-order valence-electron chi connectivity index (χ1n) is 7.88. The average molecular weight is 285 g/mol. The molecule has 0 radical (unpaired) electrons. The first-order chi connectivity index (χ1) is 10.1. The molecule has 3 unspecified atom stereocenters. The Hall–Kier alpha value is -1.55. The summed E-state index contributed by atoms with van der Waals surface area (Å²) in [6, 6.07) is 4.26. The van der Waals surface area contributed by atoms with Crippen molar-refractivity contribution in [2.45, 2.75) is 43.2 Å². The van der Waals surface area contributed by atoms with Gasteiger partial charge in [-0.3, -0.25) is 4.79 Å². The lowest BCUT2D eigenvalue weighted by molar-refractivity contribution is -0.138. The number of phenols is 1. The van der Waals surface area contributed by atoms with E-state index in [1.165, 1.54) is 5.56 Å². The summed E-state index contributed by atoms with van der Waals surface area (Å²) in [5.74, 6) is 1.50. The molecule has 2 fully saturated rings. The Labute approximate surface area is 123 Å². The quantitative estimate of drug-likeness (QED) is 0.787. The van der Waals surface area contributed by atoms with Crippen LogP contribution in [0.4, 0.5) is 0 Å². The Morgan fingerprint density at radius 3 is 3.14 bits per heavy atom. The maximum atomic E-state index is 12.5. The zero-order valence-electron chi connectivity index (χ0n) is 12.1. The van der Waals surface area contributed by atoms with Gasteiger partial charge in [0, 0.05) is 23.4 Å². The van der Waals surface area contributed by atoms with Gasteiger partial charge in [-0.25, -0.2) is 0 Å². The molecule has 4 atom stereocenters. The second-order valence-electron chi connectivity index (χ2n) is 7.10. The van der Waals surface area contributed by atoms with Crippen molar-refractivity contribution in [1.29, 1.82) is 0 Å². The highest BCUT2D eigenvalue weighted by Gasteiger charge is 2.65. The third-order valence-corrected chi connectivity index (χ3v) is 6.39. The number of hydrogen-bond acceptors (Lipinski definition) is 4. The van der Waals surface area contributed by atoms with Gasteiger partial charge in [0.1, 0.15) is 0 Å². The summed E-state index contributed by atoms with van der Waals surface area (Å²) in [6.07, 6.45) is 3.18. The van der Waals surface area contributed by atoms with Crippen molar-refractivity contribution in [3.8, 4) is 11.5 Å². The number of aromatic hydroxyl groups is 1. The predicted molar refractivity (Wildman–Crippen MR) is 76.7 cm³/mol. The summed E-state index contributed by atoms with van der Waals surface area (Å²) < 4.78 is 6.04. The van der Waals surface area contributed by atoms with E-state index in [0.29, 0.717) is 24.1 Å². The molecule has 2 aliphatic heterocycles. The van der Waals surface area contributed by atoms with Crippen LogP contribution in [0.15, 0.2) is 12.1 Å². The van der Waals surface area contributed by atoms with E-state index in [-0.39, 0.29) is 23.1 Å². The second-order valence-corrected chi connectivity index (χ2v) is 7.10. The minimum absolute atomic E-state index is 0.172. The molecule has 2 heterocycles. The van der Waals surface area contributed by atoms with Gasteiger partial charge in [-0.05, 0) is 50.4 Å². The minimum Gasteiger partial charge on any atom is -0.504 e. The molecule has 21 heavy (non-hydrogen) atoms. The van der Waals surface area contributed by atoms with E-state index < -0.39 is 0 Å². The lowest BCUT2D eigenvalue weighted by atomic mass is 9.52. The molecule has 4 heteroatoms. The van der Waals surface area contributed by atoms with Crippen LogP contribution in [-0.4, -0.2) is 41.5 Å². The number of carbonyl (C=O) groups excluding carboxylic acids is 1. The van der Waals surface area contributed by atoms with E-state index in [9.17, 15) is 9.90 Å². The minimum atomic E-state index is -0.366. The Bertz CT molecular complexity index is 670. The molecule has 1 aromatic carbocycles. The van der Waals surface area contributed by atoms with Gasteiger partial charge in [0.2, 0.25) is 0 Å². The third-order valence-electron chi connectivity index (χ3n) is 6.39. The van der Waals surface area contributed by atoms with E-state index in [1.54, 1.807) is 6.07 Å². The Kier molecular flexibility index (Phi) is 2.07. The number of piperidine rings is 1. The van der Waals surface area contributed by atoms with Crippen molar-refractivity contribution in [3.63, 3.8) is 0 Å². The number of likely N-dealkylation sites (N-methyl/N-ethyl adjacent to an activating group) is 1. The number of benzene rings is 1. The molecule has 1 aromatic rings. The lowest BCUT2D eigenvalue weighted by Crippen LogP contribution is -2.65. The number of carbonyl (C=O) groups is 1. The monoisotopic (exact) mass is 285 g/mol. The summed E-state index contributed by atoms with van der Waals surface area (Å²) >= 11 is 0. The number of likely N-dealkylation sites (tertiary alicyclic amines) is 1. The fraction of sp³-hybridized carbons (Fsp3) is 0.588. The molecular weight excluding hydrogens is 266 g/mol. The number of rotatable bonds is 0. The summed E-state index contributed by atoms with van der Waals surface area (Å²) in [6.45, 7) is 1.00. The van der Waals surface area contributed by atoms with Gasteiger partial charge < -0.3 is 14.7 Å². The highest BCUT2D eigenvalue weighted by Crippen LogP contribution is 2.62. The topological polar surface area (TPSA) is 49.8 Å². The molecule has 0 aromatic heterocycles. The number of hydrogen-bond donors (Lipinski definition) is 1. The predicted octanol–water partition coefficient (Wildman–Crippen LogP) is 1.63. The molecule has 110 valence electrons. The number of phenolic OH excluding ortho intramolecular Hbond substituents is 1. The fourth-order valence-electron chi connectivity index (χ4n) is 5.52. The summed E-state index contributed by atoms with van der Waals surface area (Å²) in [5.41, 5.74) is 2.26. The van der Waals surface area contributed by atoms with Gasteiger partial charge in [-0.2, -0.15) is 0 Å². The molecule has 1 N–H and O–H groups in total. The van der Waals surface area contributed by atoms with Crippen LogP contribution in [0.25, 0.3) is 0 Å². The van der Waals surface area contributed by atoms with Gasteiger partial charge in [0.15, 0.2) is 23.4 Å². The summed E-state index contributed by atoms with van der Waals surface area (Å²) in [7, 11) is 2.20. The van der Waals surface area contributed by atoms with Gasteiger partial charge in [0.25, 0.3) is 0 Å². The largest absolute Gasteiger partial charge is 0.504 e. The molecule has 5 rings (SSSR count). The van der Waals surface area contributed by atoms with Gasteiger partial charge >= 0.3 is 0 Å². The molecular formula is C17H19NO3. The first-order valence-corrected chi connectivity index (χ1v) is 7.88. The van der Waals surface area contributed by atoms with Crippen LogP contribution in [0.5, 0.6) is 11.5 Å². The number of ether oxygens (including phenoxy) is 1. The number of Topliss-reactive ketones (excluding diaryl/α,β-unsaturated/α-hetero) is 1. The SMILES string of the molecule is CN1CC[C@]23c4c5ccc(O)c4OC2C(=O)CCC3C1C5. The number of ketones is 1. The van der Waals surface area contributed by atoms with Crippen LogP contribution < -0.4 is 4.74 Å². The van der Waals surface area contributed by atoms with E-state index in [2.05, 4.69) is 11.9 Å². The van der Waals surface area contributed by atoms with Gasteiger partial charge in [-0.1, -0.05) is 6.07 Å². The maximum absolute atomic E-state index is 12.5. The Morgan fingerprint density at radius 2 is 2.29 bits per heavy atom. The molecule has 1 spiro atoms. The van der Waals surface area contributed by atoms with Crippen LogP contribution in [0.3, 0.4) is 0 Å². The van der Waals surface area contributed by atoms with Crippen LogP contribution in [0.1, 0.15) is 30.4 Å². The molecule has 1 saturated heterocycles. The summed E-state index contributed by atoms with van der Waals surface area (Å²) in [4.78, 5) is 14.9. The molecule has 4 aliphatic rings. The van der Waals surface area contributed by atoms with Crippen molar-refractivity contribution >= 4 is 5.78 Å². The fourth-order valence-corrected chi connectivity index (χ4v) is 5.52. The van der Waals surface area contributed by atoms with E-state index >= 15 is 0 Å². The summed E-state index contributed by atoms with van der Waals surface area (Å²) in [5, 5.41) is 10.2. The molecule has 0 amide bonds. The third kappa shape index (κ3) is 1.20. The Balaban J connectivity index is 1.83.